The van der Waals surface area contributed by atoms with Crippen molar-refractivity contribution < 1.29 is 13.2 Å². The Morgan fingerprint density at radius 2 is 2.06 bits per heavy atom. The van der Waals surface area contributed by atoms with Gasteiger partial charge in [-0.25, -0.2) is 8.42 Å². The van der Waals surface area contributed by atoms with Crippen LogP contribution in [0.2, 0.25) is 0 Å². The molecule has 0 unspecified atom stereocenters. The third-order valence-corrected chi connectivity index (χ3v) is 6.13. The number of hydrogen-bond acceptors (Lipinski definition) is 3. The van der Waals surface area contributed by atoms with Crippen LogP contribution in [0.4, 0.5) is 5.69 Å². The molecule has 1 aromatic carbocycles. The molecule has 1 fully saturated rings. The predicted molar refractivity (Wildman–Crippen MR) is 72.5 cm³/mol. The highest BCUT2D eigenvalue weighted by molar-refractivity contribution is 9.10. The fourth-order valence-electron chi connectivity index (χ4n) is 2.98. The quantitative estimate of drug-likeness (QED) is 0.724. The molecular weight excluding hydrogens is 318 g/mol. The molecule has 0 aliphatic carbocycles. The van der Waals surface area contributed by atoms with Gasteiger partial charge in [-0.3, -0.25) is 4.79 Å². The molecule has 0 N–H and O–H groups in total. The van der Waals surface area contributed by atoms with E-state index >= 15 is 0 Å². The van der Waals surface area contributed by atoms with Crippen molar-refractivity contribution in [2.24, 2.45) is 0 Å². The molecule has 1 amide bonds. The zero-order valence-corrected chi connectivity index (χ0v) is 12.2. The Morgan fingerprint density at radius 3 is 2.61 bits per heavy atom. The second-order valence-electron chi connectivity index (χ2n) is 5.08. The van der Waals surface area contributed by atoms with Crippen LogP contribution in [0.5, 0.6) is 0 Å². The van der Waals surface area contributed by atoms with Gasteiger partial charge in [0, 0.05) is 29.0 Å². The molecule has 18 heavy (non-hydrogen) atoms. The summed E-state index contributed by atoms with van der Waals surface area (Å²) in [5.41, 5.74) is 1.45. The summed E-state index contributed by atoms with van der Waals surface area (Å²) in [6.07, 6.45) is 0. The van der Waals surface area contributed by atoms with E-state index in [4.69, 9.17) is 0 Å². The van der Waals surface area contributed by atoms with E-state index in [1.54, 1.807) is 4.90 Å². The minimum Gasteiger partial charge on any atom is -0.311 e. The number of hydrogen-bond donors (Lipinski definition) is 0. The van der Waals surface area contributed by atoms with Gasteiger partial charge in [-0.05, 0) is 17.7 Å². The van der Waals surface area contributed by atoms with Gasteiger partial charge < -0.3 is 4.90 Å². The Labute approximate surface area is 114 Å². The minimum absolute atomic E-state index is 0.0458. The number of carbonyl (C=O) groups excluding carboxylic acids is 1. The zero-order chi connectivity index (χ0) is 13.1. The van der Waals surface area contributed by atoms with Gasteiger partial charge in [0.05, 0.1) is 11.5 Å². The van der Waals surface area contributed by atoms with Crippen molar-refractivity contribution in [2.75, 3.05) is 23.0 Å². The molecule has 2 heterocycles. The Kier molecular flexibility index (Phi) is 2.41. The second-order valence-corrected chi connectivity index (χ2v) is 8.06. The van der Waals surface area contributed by atoms with E-state index in [0.29, 0.717) is 6.54 Å². The van der Waals surface area contributed by atoms with Crippen LogP contribution in [0, 0.1) is 0 Å². The third-order valence-electron chi connectivity index (χ3n) is 3.66. The number of rotatable bonds is 0. The monoisotopic (exact) mass is 329 g/mol. The highest BCUT2D eigenvalue weighted by Gasteiger charge is 2.55. The number of halogens is 1. The lowest BCUT2D eigenvalue weighted by molar-refractivity contribution is -0.116. The van der Waals surface area contributed by atoms with Crippen LogP contribution in [0.3, 0.4) is 0 Å². The van der Waals surface area contributed by atoms with Crippen LogP contribution in [0.15, 0.2) is 22.7 Å². The summed E-state index contributed by atoms with van der Waals surface area (Å²) in [4.78, 5) is 13.3. The Balaban J connectivity index is 2.12. The van der Waals surface area contributed by atoms with Crippen molar-refractivity contribution in [1.82, 2.24) is 0 Å². The van der Waals surface area contributed by atoms with E-state index in [2.05, 4.69) is 15.9 Å². The van der Waals surface area contributed by atoms with Crippen LogP contribution in [0.1, 0.15) is 12.5 Å². The van der Waals surface area contributed by atoms with E-state index < -0.39 is 9.84 Å². The van der Waals surface area contributed by atoms with Crippen LogP contribution in [-0.2, 0) is 20.0 Å². The highest BCUT2D eigenvalue weighted by Crippen LogP contribution is 2.48. The second kappa shape index (κ2) is 3.57. The average molecular weight is 330 g/mol. The van der Waals surface area contributed by atoms with Crippen molar-refractivity contribution in [3.05, 3.63) is 28.2 Å². The first-order chi connectivity index (χ1) is 8.33. The summed E-state index contributed by atoms with van der Waals surface area (Å²) < 4.78 is 23.9. The lowest BCUT2D eigenvalue weighted by atomic mass is 9.85. The molecule has 4 nitrogen and oxygen atoms in total. The fraction of sp³-hybridized carbons (Fsp3) is 0.417. The van der Waals surface area contributed by atoms with Gasteiger partial charge in [0.1, 0.15) is 0 Å². The molecular formula is C12H12BrNO3S. The summed E-state index contributed by atoms with van der Waals surface area (Å²) in [7, 11) is -2.92. The maximum Gasteiger partial charge on any atom is 0.223 e. The van der Waals surface area contributed by atoms with Gasteiger partial charge in [-0.1, -0.05) is 22.0 Å². The molecule has 96 valence electrons. The molecule has 1 saturated heterocycles. The van der Waals surface area contributed by atoms with E-state index in [1.807, 2.05) is 18.2 Å². The summed E-state index contributed by atoms with van der Waals surface area (Å²) in [6.45, 7) is 1.99. The van der Waals surface area contributed by atoms with Crippen molar-refractivity contribution in [3.63, 3.8) is 0 Å². The molecule has 3 rings (SSSR count). The Morgan fingerprint density at radius 1 is 1.39 bits per heavy atom. The maximum absolute atomic E-state index is 11.7. The smallest absolute Gasteiger partial charge is 0.223 e. The zero-order valence-electron chi connectivity index (χ0n) is 9.81. The summed E-state index contributed by atoms with van der Waals surface area (Å²) in [5.74, 6) is 0.257. The predicted octanol–water partition coefficient (Wildman–Crippen LogP) is 1.48. The first-order valence-electron chi connectivity index (χ1n) is 5.62. The number of fused-ring (bicyclic) bond motifs is 2. The number of benzene rings is 1. The van der Waals surface area contributed by atoms with Gasteiger partial charge in [-0.15, -0.1) is 0 Å². The molecule has 6 heteroatoms. The summed E-state index contributed by atoms with van der Waals surface area (Å²) in [5, 5.41) is 0. The molecule has 0 atom stereocenters. The van der Waals surface area contributed by atoms with Crippen molar-refractivity contribution in [2.45, 2.75) is 12.3 Å². The molecule has 0 radical (unpaired) electrons. The van der Waals surface area contributed by atoms with Crippen LogP contribution < -0.4 is 4.90 Å². The molecule has 1 aromatic rings. The summed E-state index contributed by atoms with van der Waals surface area (Å²) >= 11 is 3.39. The Bertz CT molecular complexity index is 641. The van der Waals surface area contributed by atoms with Crippen LogP contribution in [0.25, 0.3) is 0 Å². The van der Waals surface area contributed by atoms with Gasteiger partial charge in [-0.2, -0.15) is 0 Å². The SMILES string of the molecule is CC(=O)N1CC2(CS(=O)(=O)C2)c2ccc(Br)cc21. The van der Waals surface area contributed by atoms with Gasteiger partial charge in [0.2, 0.25) is 5.91 Å². The lowest BCUT2D eigenvalue weighted by Crippen LogP contribution is -2.55. The third kappa shape index (κ3) is 1.62. The van der Waals surface area contributed by atoms with E-state index in [9.17, 15) is 13.2 Å². The molecule has 2 aliphatic heterocycles. The molecule has 0 bridgehead atoms. The van der Waals surface area contributed by atoms with E-state index in [0.717, 1.165) is 15.7 Å². The number of nitrogens with zero attached hydrogens (tertiary/aromatic N) is 1. The average Bonchev–Trinajstić information content (AvgIpc) is 2.51. The normalized spacial score (nSPS) is 22.7. The van der Waals surface area contributed by atoms with Crippen molar-refractivity contribution >= 4 is 37.4 Å². The standard InChI is InChI=1S/C12H12BrNO3S/c1-8(15)14-5-12(6-18(16,17)7-12)10-3-2-9(13)4-11(10)14/h2-4H,5-7H2,1H3. The molecule has 0 aromatic heterocycles. The number of carbonyl (C=O) groups is 1. The number of anilines is 1. The molecule has 0 saturated carbocycles. The van der Waals surface area contributed by atoms with Gasteiger partial charge in [0.25, 0.3) is 0 Å². The van der Waals surface area contributed by atoms with Crippen LogP contribution in [-0.4, -0.2) is 32.4 Å². The first kappa shape index (κ1) is 12.2. The highest BCUT2D eigenvalue weighted by atomic mass is 79.9. The van der Waals surface area contributed by atoms with Crippen molar-refractivity contribution in [3.8, 4) is 0 Å². The largest absolute Gasteiger partial charge is 0.311 e. The van der Waals surface area contributed by atoms with Crippen molar-refractivity contribution in [1.29, 1.82) is 0 Å². The minimum atomic E-state index is -2.92. The maximum atomic E-state index is 11.7. The lowest BCUT2D eigenvalue weighted by Gasteiger charge is -2.38. The number of sulfone groups is 1. The summed E-state index contributed by atoms with van der Waals surface area (Å²) in [6, 6.07) is 5.71. The van der Waals surface area contributed by atoms with Crippen LogP contribution >= 0.6 is 15.9 Å². The van der Waals surface area contributed by atoms with Gasteiger partial charge in [0.15, 0.2) is 9.84 Å². The van der Waals surface area contributed by atoms with Gasteiger partial charge >= 0.3 is 0 Å². The fourth-order valence-corrected chi connectivity index (χ4v) is 5.42. The topological polar surface area (TPSA) is 54.5 Å². The number of amides is 1. The van der Waals surface area contributed by atoms with E-state index in [1.165, 1.54) is 6.92 Å². The molecule has 2 aliphatic rings. The van der Waals surface area contributed by atoms with E-state index in [-0.39, 0.29) is 22.8 Å². The first-order valence-corrected chi connectivity index (χ1v) is 8.23. The molecule has 1 spiro atoms. The Hall–Kier alpha value is -0.880.